The van der Waals surface area contributed by atoms with Crippen LogP contribution in [0.2, 0.25) is 5.02 Å². The molecule has 1 aliphatic heterocycles. The summed E-state index contributed by atoms with van der Waals surface area (Å²) in [6.07, 6.45) is 6.46. The second-order valence-corrected chi connectivity index (χ2v) is 5.72. The third kappa shape index (κ3) is 2.25. The quantitative estimate of drug-likeness (QED) is 0.726. The van der Waals surface area contributed by atoms with Crippen LogP contribution in [0.25, 0.3) is 5.69 Å². The van der Waals surface area contributed by atoms with Gasteiger partial charge >= 0.3 is 0 Å². The van der Waals surface area contributed by atoms with Crippen molar-refractivity contribution >= 4 is 17.3 Å². The highest BCUT2D eigenvalue weighted by Gasteiger charge is 2.20. The van der Waals surface area contributed by atoms with Gasteiger partial charge in [-0.1, -0.05) is 23.7 Å². The largest absolute Gasteiger partial charge is 0.365 e. The van der Waals surface area contributed by atoms with Crippen molar-refractivity contribution in [3.05, 3.63) is 71.3 Å². The molecule has 0 saturated carbocycles. The SMILES string of the molecule is Clc1c(N2CCc3ncccc3C2)cccc1-n1cccn1. The van der Waals surface area contributed by atoms with Gasteiger partial charge in [-0.3, -0.25) is 4.98 Å². The molecule has 0 N–H and O–H groups in total. The maximum atomic E-state index is 6.64. The van der Waals surface area contributed by atoms with Crippen LogP contribution in [-0.2, 0) is 13.0 Å². The average molecular weight is 311 g/mol. The number of hydrogen-bond acceptors (Lipinski definition) is 3. The lowest BCUT2D eigenvalue weighted by Gasteiger charge is -2.31. The summed E-state index contributed by atoms with van der Waals surface area (Å²) in [4.78, 5) is 6.76. The molecule has 0 fully saturated rings. The Morgan fingerprint density at radius 2 is 1.91 bits per heavy atom. The first kappa shape index (κ1) is 13.3. The highest BCUT2D eigenvalue weighted by atomic mass is 35.5. The number of benzene rings is 1. The number of nitrogens with zero attached hydrogens (tertiary/aromatic N) is 4. The lowest BCUT2D eigenvalue weighted by Crippen LogP contribution is -2.31. The van der Waals surface area contributed by atoms with Crippen LogP contribution in [0.3, 0.4) is 0 Å². The van der Waals surface area contributed by atoms with Crippen LogP contribution in [0.15, 0.2) is 55.0 Å². The number of fused-ring (bicyclic) bond motifs is 1. The van der Waals surface area contributed by atoms with Gasteiger partial charge in [0, 0.05) is 43.8 Å². The molecule has 1 aliphatic rings. The van der Waals surface area contributed by atoms with Crippen molar-refractivity contribution in [2.75, 3.05) is 11.4 Å². The van der Waals surface area contributed by atoms with Crippen molar-refractivity contribution in [2.45, 2.75) is 13.0 Å². The molecular weight excluding hydrogens is 296 g/mol. The van der Waals surface area contributed by atoms with Crippen LogP contribution in [0.5, 0.6) is 0 Å². The summed E-state index contributed by atoms with van der Waals surface area (Å²) < 4.78 is 1.80. The predicted molar refractivity (Wildman–Crippen MR) is 87.6 cm³/mol. The molecule has 4 rings (SSSR count). The minimum absolute atomic E-state index is 0.735. The Morgan fingerprint density at radius 1 is 1.00 bits per heavy atom. The van der Waals surface area contributed by atoms with Crippen LogP contribution in [-0.4, -0.2) is 21.3 Å². The molecule has 0 atom stereocenters. The van der Waals surface area contributed by atoms with Gasteiger partial charge < -0.3 is 4.90 Å². The number of anilines is 1. The number of pyridine rings is 1. The van der Waals surface area contributed by atoms with Gasteiger partial charge in [-0.15, -0.1) is 0 Å². The summed E-state index contributed by atoms with van der Waals surface area (Å²) in [5.74, 6) is 0. The van der Waals surface area contributed by atoms with Crippen LogP contribution >= 0.6 is 11.6 Å². The van der Waals surface area contributed by atoms with Gasteiger partial charge in [0.2, 0.25) is 0 Å². The highest BCUT2D eigenvalue weighted by molar-refractivity contribution is 6.35. The highest BCUT2D eigenvalue weighted by Crippen LogP contribution is 2.33. The molecule has 0 unspecified atom stereocenters. The Kier molecular flexibility index (Phi) is 3.31. The standard InChI is InChI=1S/C17H15ClN4/c18-17-15(5-1-6-16(17)22-10-3-9-20-22)21-11-7-14-13(12-21)4-2-8-19-14/h1-6,8-10H,7,11-12H2. The third-order valence-electron chi connectivity index (χ3n) is 4.01. The van der Waals surface area contributed by atoms with Crippen LogP contribution in [0.4, 0.5) is 5.69 Å². The Hall–Kier alpha value is -2.33. The molecule has 0 bridgehead atoms. The molecule has 2 aromatic heterocycles. The third-order valence-corrected chi connectivity index (χ3v) is 4.40. The fraction of sp³-hybridized carbons (Fsp3) is 0.176. The molecule has 0 radical (unpaired) electrons. The normalized spacial score (nSPS) is 14.0. The zero-order valence-corrected chi connectivity index (χ0v) is 12.7. The van der Waals surface area contributed by atoms with Gasteiger partial charge in [0.15, 0.2) is 0 Å². The van der Waals surface area contributed by atoms with Crippen LogP contribution in [0, 0.1) is 0 Å². The monoisotopic (exact) mass is 310 g/mol. The maximum absolute atomic E-state index is 6.64. The van der Waals surface area contributed by atoms with Crippen molar-refractivity contribution in [1.29, 1.82) is 0 Å². The number of hydrogen-bond donors (Lipinski definition) is 0. The zero-order chi connectivity index (χ0) is 14.9. The van der Waals surface area contributed by atoms with E-state index in [1.807, 2.05) is 36.7 Å². The van der Waals surface area contributed by atoms with E-state index >= 15 is 0 Å². The molecule has 3 aromatic rings. The maximum Gasteiger partial charge on any atom is 0.0896 e. The molecular formula is C17H15ClN4. The first-order valence-electron chi connectivity index (χ1n) is 7.29. The Labute approximate surface area is 134 Å². The fourth-order valence-corrected chi connectivity index (χ4v) is 3.24. The molecule has 0 aliphatic carbocycles. The summed E-state index contributed by atoms with van der Waals surface area (Å²) in [5, 5.41) is 5.01. The molecule has 5 heteroatoms. The van der Waals surface area contributed by atoms with Gasteiger partial charge in [0.05, 0.1) is 16.4 Å². The first-order valence-corrected chi connectivity index (χ1v) is 7.67. The molecule has 110 valence electrons. The number of rotatable bonds is 2. The van der Waals surface area contributed by atoms with Gasteiger partial charge in [-0.25, -0.2) is 4.68 Å². The van der Waals surface area contributed by atoms with Gasteiger partial charge in [0.1, 0.15) is 0 Å². The van der Waals surface area contributed by atoms with Gasteiger partial charge in [-0.05, 0) is 29.8 Å². The van der Waals surface area contributed by atoms with Gasteiger partial charge in [-0.2, -0.15) is 5.10 Å². The van der Waals surface area contributed by atoms with Crippen molar-refractivity contribution in [3.63, 3.8) is 0 Å². The van der Waals surface area contributed by atoms with Crippen molar-refractivity contribution in [2.24, 2.45) is 0 Å². The van der Waals surface area contributed by atoms with E-state index in [9.17, 15) is 0 Å². The summed E-state index contributed by atoms with van der Waals surface area (Å²) >= 11 is 6.64. The topological polar surface area (TPSA) is 34.0 Å². The smallest absolute Gasteiger partial charge is 0.0896 e. The number of aromatic nitrogens is 3. The van der Waals surface area contributed by atoms with E-state index < -0.39 is 0 Å². The van der Waals surface area contributed by atoms with E-state index in [1.54, 1.807) is 10.9 Å². The molecule has 0 saturated heterocycles. The zero-order valence-electron chi connectivity index (χ0n) is 12.0. The fourth-order valence-electron chi connectivity index (χ4n) is 2.91. The van der Waals surface area contributed by atoms with E-state index in [2.05, 4.69) is 27.1 Å². The molecule has 3 heterocycles. The lowest BCUT2D eigenvalue weighted by molar-refractivity contribution is 0.711. The van der Waals surface area contributed by atoms with E-state index in [0.717, 1.165) is 35.9 Å². The average Bonchev–Trinajstić information content (AvgIpc) is 3.09. The van der Waals surface area contributed by atoms with Crippen molar-refractivity contribution in [1.82, 2.24) is 14.8 Å². The van der Waals surface area contributed by atoms with E-state index in [1.165, 1.54) is 11.3 Å². The van der Waals surface area contributed by atoms with Crippen molar-refractivity contribution in [3.8, 4) is 5.69 Å². The first-order chi connectivity index (χ1) is 10.8. The van der Waals surface area contributed by atoms with E-state index in [-0.39, 0.29) is 0 Å². The summed E-state index contributed by atoms with van der Waals surface area (Å²) in [7, 11) is 0. The predicted octanol–water partition coefficient (Wildman–Crippen LogP) is 3.48. The molecule has 1 aromatic carbocycles. The van der Waals surface area contributed by atoms with Gasteiger partial charge in [0.25, 0.3) is 0 Å². The summed E-state index contributed by atoms with van der Waals surface area (Å²) in [5.41, 5.74) is 4.41. The molecule has 0 amide bonds. The lowest BCUT2D eigenvalue weighted by atomic mass is 10.0. The second kappa shape index (κ2) is 5.46. The molecule has 22 heavy (non-hydrogen) atoms. The number of halogens is 1. The van der Waals surface area contributed by atoms with E-state index in [4.69, 9.17) is 11.6 Å². The Balaban J connectivity index is 1.71. The molecule has 0 spiro atoms. The minimum Gasteiger partial charge on any atom is -0.365 e. The Morgan fingerprint density at radius 3 is 2.77 bits per heavy atom. The minimum atomic E-state index is 0.735. The van der Waals surface area contributed by atoms with Crippen LogP contribution in [0.1, 0.15) is 11.3 Å². The second-order valence-electron chi connectivity index (χ2n) is 5.34. The molecule has 4 nitrogen and oxygen atoms in total. The van der Waals surface area contributed by atoms with Crippen molar-refractivity contribution < 1.29 is 0 Å². The summed E-state index contributed by atoms with van der Waals surface area (Å²) in [6.45, 7) is 1.76. The summed E-state index contributed by atoms with van der Waals surface area (Å²) in [6, 6.07) is 12.1. The Bertz CT molecular complexity index is 798. The van der Waals surface area contributed by atoms with E-state index in [0.29, 0.717) is 0 Å². The van der Waals surface area contributed by atoms with Crippen LogP contribution < -0.4 is 4.90 Å².